The van der Waals surface area contributed by atoms with Gasteiger partial charge in [0, 0.05) is 18.4 Å². The summed E-state index contributed by atoms with van der Waals surface area (Å²) in [5.41, 5.74) is 0. The average Bonchev–Trinajstić information content (AvgIpc) is 2.87. The molecular weight excluding hydrogens is 252 g/mol. The van der Waals surface area contributed by atoms with Gasteiger partial charge < -0.3 is 4.57 Å². The zero-order chi connectivity index (χ0) is 13.4. The third-order valence-corrected chi connectivity index (χ3v) is 4.32. The Kier molecular flexibility index (Phi) is 6.35. The zero-order valence-corrected chi connectivity index (χ0v) is 11.9. The Hall–Kier alpha value is -0.880. The summed E-state index contributed by atoms with van der Waals surface area (Å²) in [6, 6.07) is 0.333. The van der Waals surface area contributed by atoms with Gasteiger partial charge in [0.15, 0.2) is 0 Å². The minimum Gasteiger partial charge on any atom is -0.334 e. The van der Waals surface area contributed by atoms with E-state index < -0.39 is 10.1 Å². The van der Waals surface area contributed by atoms with Crippen LogP contribution in [0.15, 0.2) is 18.7 Å². The van der Waals surface area contributed by atoms with Crippen LogP contribution in [-0.4, -0.2) is 30.8 Å². The number of unbranched alkanes of at least 4 members (excludes halogenated alkanes) is 1. The fourth-order valence-corrected chi connectivity index (χ4v) is 2.63. The first kappa shape index (κ1) is 15.2. The molecule has 0 amide bonds. The Morgan fingerprint density at radius 1 is 1.33 bits per heavy atom. The van der Waals surface area contributed by atoms with Gasteiger partial charge in [-0.1, -0.05) is 19.8 Å². The first-order valence-electron chi connectivity index (χ1n) is 6.34. The van der Waals surface area contributed by atoms with E-state index in [1.54, 1.807) is 12.5 Å². The summed E-state index contributed by atoms with van der Waals surface area (Å²) in [6.07, 6.45) is 10.3. The molecule has 18 heavy (non-hydrogen) atoms. The van der Waals surface area contributed by atoms with Gasteiger partial charge in [-0.2, -0.15) is 8.42 Å². The highest BCUT2D eigenvalue weighted by molar-refractivity contribution is 7.86. The van der Waals surface area contributed by atoms with Crippen molar-refractivity contribution in [1.29, 1.82) is 0 Å². The van der Waals surface area contributed by atoms with E-state index in [0.717, 1.165) is 25.7 Å². The summed E-state index contributed by atoms with van der Waals surface area (Å²) in [5, 5.41) is 0. The number of nitrogens with zero attached hydrogens (tertiary/aromatic N) is 2. The number of imidazole rings is 1. The van der Waals surface area contributed by atoms with Crippen molar-refractivity contribution in [1.82, 2.24) is 9.55 Å². The van der Waals surface area contributed by atoms with Gasteiger partial charge in [-0.15, -0.1) is 0 Å². The van der Waals surface area contributed by atoms with Gasteiger partial charge in [-0.25, -0.2) is 4.98 Å². The molecule has 0 spiro atoms. The summed E-state index contributed by atoms with van der Waals surface area (Å²) >= 11 is 0. The van der Waals surface area contributed by atoms with Crippen LogP contribution in [0.25, 0.3) is 0 Å². The minimum absolute atomic E-state index is 0.0841. The molecule has 0 radical (unpaired) electrons. The first-order valence-corrected chi connectivity index (χ1v) is 7.92. The Labute approximate surface area is 109 Å². The topological polar surface area (TPSA) is 61.2 Å². The van der Waals surface area contributed by atoms with Crippen molar-refractivity contribution in [2.24, 2.45) is 0 Å². The quantitative estimate of drug-likeness (QED) is 0.649. The Balaban J connectivity index is 2.47. The summed E-state index contributed by atoms with van der Waals surface area (Å²) in [4.78, 5) is 4.04. The Morgan fingerprint density at radius 2 is 2.06 bits per heavy atom. The minimum atomic E-state index is -3.33. The molecule has 1 aromatic heterocycles. The maximum Gasteiger partial charge on any atom is 0.267 e. The van der Waals surface area contributed by atoms with Crippen LogP contribution in [-0.2, 0) is 14.3 Å². The van der Waals surface area contributed by atoms with E-state index in [-0.39, 0.29) is 5.75 Å². The lowest BCUT2D eigenvalue weighted by Gasteiger charge is -2.17. The van der Waals surface area contributed by atoms with Gasteiger partial charge in [0.05, 0.1) is 19.2 Å². The number of hydrogen-bond donors (Lipinski definition) is 0. The molecule has 1 atom stereocenters. The average molecular weight is 274 g/mol. The lowest BCUT2D eigenvalue weighted by molar-refractivity contribution is 0.387. The van der Waals surface area contributed by atoms with E-state index >= 15 is 0 Å². The molecule has 5 nitrogen and oxygen atoms in total. The van der Waals surface area contributed by atoms with E-state index in [9.17, 15) is 8.42 Å². The fourth-order valence-electron chi connectivity index (χ4n) is 1.95. The highest BCUT2D eigenvalue weighted by Crippen LogP contribution is 2.21. The van der Waals surface area contributed by atoms with Crippen LogP contribution in [0.1, 0.15) is 45.1 Å². The van der Waals surface area contributed by atoms with Crippen molar-refractivity contribution in [3.63, 3.8) is 0 Å². The molecule has 1 aromatic rings. The van der Waals surface area contributed by atoms with Crippen molar-refractivity contribution in [2.45, 2.75) is 45.1 Å². The maximum atomic E-state index is 11.2. The fraction of sp³-hybridized carbons (Fsp3) is 0.750. The van der Waals surface area contributed by atoms with Gasteiger partial charge in [0.2, 0.25) is 0 Å². The van der Waals surface area contributed by atoms with Crippen LogP contribution >= 0.6 is 0 Å². The highest BCUT2D eigenvalue weighted by atomic mass is 32.2. The molecule has 0 N–H and O–H groups in total. The molecular formula is C12H22N2O3S. The monoisotopic (exact) mass is 274 g/mol. The zero-order valence-electron chi connectivity index (χ0n) is 11.1. The molecule has 0 aliphatic heterocycles. The molecule has 1 rings (SSSR count). The van der Waals surface area contributed by atoms with E-state index in [0.29, 0.717) is 12.5 Å². The summed E-state index contributed by atoms with van der Waals surface area (Å²) < 4.78 is 29.0. The number of aromatic nitrogens is 2. The molecule has 104 valence electrons. The second kappa shape index (κ2) is 7.53. The largest absolute Gasteiger partial charge is 0.334 e. The molecule has 0 aromatic carbocycles. The van der Waals surface area contributed by atoms with Crippen molar-refractivity contribution in [3.05, 3.63) is 18.7 Å². The lowest BCUT2D eigenvalue weighted by Crippen LogP contribution is -2.12. The van der Waals surface area contributed by atoms with Gasteiger partial charge in [0.1, 0.15) is 0 Å². The van der Waals surface area contributed by atoms with Gasteiger partial charge in [-0.05, 0) is 19.3 Å². The van der Waals surface area contributed by atoms with Crippen LogP contribution in [0.4, 0.5) is 0 Å². The van der Waals surface area contributed by atoms with Gasteiger partial charge in [-0.3, -0.25) is 4.18 Å². The van der Waals surface area contributed by atoms with Crippen molar-refractivity contribution in [3.8, 4) is 0 Å². The predicted octanol–water partition coefficient (Wildman–Crippen LogP) is 2.37. The first-order chi connectivity index (χ1) is 8.59. The Bertz CT molecular complexity index is 415. The molecule has 1 heterocycles. The molecule has 0 aliphatic rings. The summed E-state index contributed by atoms with van der Waals surface area (Å²) in [6.45, 7) is 2.15. The normalized spacial score (nSPS) is 13.7. The smallest absolute Gasteiger partial charge is 0.267 e. The third kappa shape index (κ3) is 5.18. The van der Waals surface area contributed by atoms with Crippen LogP contribution in [0.3, 0.4) is 0 Å². The summed E-state index contributed by atoms with van der Waals surface area (Å²) in [7, 11) is -2.12. The second-order valence-electron chi connectivity index (χ2n) is 4.38. The number of rotatable bonds is 9. The summed E-state index contributed by atoms with van der Waals surface area (Å²) in [5.74, 6) is 0.0841. The second-order valence-corrected chi connectivity index (χ2v) is 6.23. The number of hydrogen-bond acceptors (Lipinski definition) is 4. The third-order valence-electron chi connectivity index (χ3n) is 3.02. The molecule has 0 bridgehead atoms. The molecule has 0 saturated carbocycles. The standard InChI is InChI=1S/C12H22N2O3S/c1-3-4-6-12(14-9-8-13-11-14)7-5-10-18(15,16)17-2/h8-9,11-12H,3-7,10H2,1-2H3. The van der Waals surface area contributed by atoms with Crippen molar-refractivity contribution >= 4 is 10.1 Å². The van der Waals surface area contributed by atoms with E-state index in [2.05, 4.69) is 20.7 Å². The van der Waals surface area contributed by atoms with Crippen LogP contribution in [0, 0.1) is 0 Å². The predicted molar refractivity (Wildman–Crippen MR) is 70.8 cm³/mol. The van der Waals surface area contributed by atoms with Crippen LogP contribution in [0.2, 0.25) is 0 Å². The molecule has 1 unspecified atom stereocenters. The van der Waals surface area contributed by atoms with E-state index in [4.69, 9.17) is 0 Å². The molecule has 6 heteroatoms. The van der Waals surface area contributed by atoms with Crippen molar-refractivity contribution in [2.75, 3.05) is 12.9 Å². The van der Waals surface area contributed by atoms with Crippen LogP contribution in [0.5, 0.6) is 0 Å². The SMILES string of the molecule is CCCCC(CCCS(=O)(=O)OC)n1ccnc1. The molecule has 0 fully saturated rings. The molecule has 0 saturated heterocycles. The van der Waals surface area contributed by atoms with E-state index in [1.807, 2.05) is 6.20 Å². The van der Waals surface area contributed by atoms with Crippen LogP contribution < -0.4 is 0 Å². The molecule has 0 aliphatic carbocycles. The van der Waals surface area contributed by atoms with Gasteiger partial charge >= 0.3 is 0 Å². The van der Waals surface area contributed by atoms with Crippen molar-refractivity contribution < 1.29 is 12.6 Å². The lowest BCUT2D eigenvalue weighted by atomic mass is 10.1. The van der Waals surface area contributed by atoms with E-state index in [1.165, 1.54) is 7.11 Å². The maximum absolute atomic E-state index is 11.2. The Morgan fingerprint density at radius 3 is 2.61 bits per heavy atom. The highest BCUT2D eigenvalue weighted by Gasteiger charge is 2.13. The van der Waals surface area contributed by atoms with Gasteiger partial charge in [0.25, 0.3) is 10.1 Å².